The van der Waals surface area contributed by atoms with E-state index in [1.54, 1.807) is 6.07 Å². The van der Waals surface area contributed by atoms with Crippen LogP contribution in [-0.4, -0.2) is 12.0 Å². The summed E-state index contributed by atoms with van der Waals surface area (Å²) in [6.45, 7) is 0. The molecule has 0 saturated heterocycles. The molecule has 2 aromatic rings. The van der Waals surface area contributed by atoms with Gasteiger partial charge in [-0.25, -0.2) is 9.18 Å². The molecule has 0 saturated carbocycles. The van der Waals surface area contributed by atoms with Gasteiger partial charge in [-0.2, -0.15) is 0 Å². The fourth-order valence-electron chi connectivity index (χ4n) is 1.58. The minimum absolute atomic E-state index is 0.0444. The summed E-state index contributed by atoms with van der Waals surface area (Å²) >= 11 is 5.73. The van der Waals surface area contributed by atoms with Crippen LogP contribution in [0.3, 0.4) is 0 Å². The number of para-hydroxylation sites is 1. The lowest BCUT2D eigenvalue weighted by Gasteiger charge is -2.10. The molecule has 21 heavy (non-hydrogen) atoms. The maximum Gasteiger partial charge on any atom is 0.417 e. The van der Waals surface area contributed by atoms with E-state index in [-0.39, 0.29) is 22.0 Å². The summed E-state index contributed by atoms with van der Waals surface area (Å²) in [6, 6.07) is 9.62. The molecule has 0 radical (unpaired) electrons. The number of carbonyl (C=O) groups is 2. The largest absolute Gasteiger partial charge is 0.417 e. The molecular weight excluding hydrogens is 299 g/mol. The van der Waals surface area contributed by atoms with Crippen LogP contribution in [0.2, 0.25) is 5.02 Å². The molecule has 0 bridgehead atoms. The zero-order valence-electron chi connectivity index (χ0n) is 10.6. The van der Waals surface area contributed by atoms with Gasteiger partial charge in [0.2, 0.25) is 0 Å². The van der Waals surface area contributed by atoms with Crippen molar-refractivity contribution in [3.05, 3.63) is 58.9 Å². The van der Waals surface area contributed by atoms with Crippen LogP contribution in [0.4, 0.5) is 14.9 Å². The lowest BCUT2D eigenvalue weighted by molar-refractivity contribution is 0.0998. The highest BCUT2D eigenvalue weighted by atomic mass is 35.5. The summed E-state index contributed by atoms with van der Waals surface area (Å²) < 4.78 is 18.3. The first-order valence-electron chi connectivity index (χ1n) is 5.80. The third-order valence-electron chi connectivity index (χ3n) is 2.52. The van der Waals surface area contributed by atoms with E-state index in [0.29, 0.717) is 0 Å². The van der Waals surface area contributed by atoms with Gasteiger partial charge in [0.05, 0.1) is 11.3 Å². The van der Waals surface area contributed by atoms with Crippen LogP contribution in [-0.2, 0) is 0 Å². The zero-order valence-corrected chi connectivity index (χ0v) is 11.4. The minimum Gasteiger partial charge on any atom is -0.409 e. The second-order valence-electron chi connectivity index (χ2n) is 4.00. The maximum atomic E-state index is 13.4. The van der Waals surface area contributed by atoms with Crippen LogP contribution in [0.15, 0.2) is 42.5 Å². The number of halogens is 2. The Morgan fingerprint density at radius 3 is 2.57 bits per heavy atom. The first-order valence-corrected chi connectivity index (χ1v) is 6.18. The number of amides is 2. The van der Waals surface area contributed by atoms with E-state index in [4.69, 9.17) is 22.1 Å². The van der Waals surface area contributed by atoms with E-state index in [9.17, 15) is 14.0 Å². The molecule has 7 heteroatoms. The summed E-state index contributed by atoms with van der Waals surface area (Å²) in [5.74, 6) is -1.48. The lowest BCUT2D eigenvalue weighted by atomic mass is 10.2. The second-order valence-corrected chi connectivity index (χ2v) is 4.44. The number of carbonyl (C=O) groups excluding carboxylic acids is 2. The van der Waals surface area contributed by atoms with Crippen LogP contribution in [0.25, 0.3) is 0 Å². The number of anilines is 1. The van der Waals surface area contributed by atoms with Gasteiger partial charge >= 0.3 is 6.09 Å². The van der Waals surface area contributed by atoms with Crippen LogP contribution < -0.4 is 15.8 Å². The van der Waals surface area contributed by atoms with Crippen molar-refractivity contribution in [2.24, 2.45) is 5.73 Å². The lowest BCUT2D eigenvalue weighted by Crippen LogP contribution is -2.20. The molecule has 5 nitrogen and oxygen atoms in total. The first kappa shape index (κ1) is 14.8. The molecule has 3 N–H and O–H groups in total. The highest BCUT2D eigenvalue weighted by Gasteiger charge is 2.14. The molecule has 2 rings (SSSR count). The predicted octanol–water partition coefficient (Wildman–Crippen LogP) is 3.19. The number of primary amides is 1. The summed E-state index contributed by atoms with van der Waals surface area (Å²) in [4.78, 5) is 23.0. The summed E-state index contributed by atoms with van der Waals surface area (Å²) in [5, 5.41) is 2.49. The van der Waals surface area contributed by atoms with E-state index in [0.717, 1.165) is 0 Å². The third-order valence-corrected chi connectivity index (χ3v) is 2.76. The Hall–Kier alpha value is -2.60. The van der Waals surface area contributed by atoms with Crippen molar-refractivity contribution in [3.63, 3.8) is 0 Å². The quantitative estimate of drug-likeness (QED) is 0.913. The monoisotopic (exact) mass is 308 g/mol. The van der Waals surface area contributed by atoms with Gasteiger partial charge in [0.25, 0.3) is 5.91 Å². The molecular formula is C14H10ClFN2O3. The molecule has 108 valence electrons. The summed E-state index contributed by atoms with van der Waals surface area (Å²) in [7, 11) is 0. The van der Waals surface area contributed by atoms with Crippen molar-refractivity contribution in [3.8, 4) is 5.75 Å². The van der Waals surface area contributed by atoms with Crippen LogP contribution in [0, 0.1) is 5.82 Å². The fourth-order valence-corrected chi connectivity index (χ4v) is 1.75. The van der Waals surface area contributed by atoms with Gasteiger partial charge in [-0.05, 0) is 30.3 Å². The van der Waals surface area contributed by atoms with Crippen molar-refractivity contribution in [1.29, 1.82) is 0 Å². The zero-order chi connectivity index (χ0) is 15.4. The van der Waals surface area contributed by atoms with Gasteiger partial charge in [-0.15, -0.1) is 0 Å². The van der Waals surface area contributed by atoms with Gasteiger partial charge in [0.15, 0.2) is 0 Å². The molecule has 2 aromatic carbocycles. The molecule has 0 aromatic heterocycles. The topological polar surface area (TPSA) is 81.4 Å². The SMILES string of the molecule is NC(=O)c1cc(Cl)ccc1OC(=O)Nc1ccccc1F. The number of nitrogens with one attached hydrogen (secondary N) is 1. The van der Waals surface area contributed by atoms with Crippen molar-refractivity contribution < 1.29 is 18.7 Å². The number of hydrogen-bond acceptors (Lipinski definition) is 3. The van der Waals surface area contributed by atoms with Gasteiger partial charge < -0.3 is 10.5 Å². The maximum absolute atomic E-state index is 13.4. The number of hydrogen-bond donors (Lipinski definition) is 2. The van der Waals surface area contributed by atoms with Crippen molar-refractivity contribution in [2.45, 2.75) is 0 Å². The predicted molar refractivity (Wildman–Crippen MR) is 76.0 cm³/mol. The number of nitrogens with two attached hydrogens (primary N) is 1. The Bertz CT molecular complexity index is 706. The van der Waals surface area contributed by atoms with Crippen LogP contribution in [0.5, 0.6) is 5.75 Å². The average Bonchev–Trinajstić information content (AvgIpc) is 2.43. The normalized spacial score (nSPS) is 10.0. The molecule has 0 aliphatic rings. The third kappa shape index (κ3) is 3.70. The molecule has 0 atom stereocenters. The Labute approximate surface area is 124 Å². The molecule has 0 unspecified atom stereocenters. The summed E-state index contributed by atoms with van der Waals surface area (Å²) in [6.07, 6.45) is -0.954. The van der Waals surface area contributed by atoms with Crippen molar-refractivity contribution >= 4 is 29.3 Å². The highest BCUT2D eigenvalue weighted by Crippen LogP contribution is 2.23. The Morgan fingerprint density at radius 2 is 1.90 bits per heavy atom. The molecule has 0 fully saturated rings. The Balaban J connectivity index is 2.17. The van der Waals surface area contributed by atoms with E-state index < -0.39 is 17.8 Å². The van der Waals surface area contributed by atoms with E-state index >= 15 is 0 Å². The number of rotatable bonds is 3. The Kier molecular flexibility index (Phi) is 4.39. The first-order chi connectivity index (χ1) is 9.97. The van der Waals surface area contributed by atoms with E-state index in [1.807, 2.05) is 0 Å². The Morgan fingerprint density at radius 1 is 1.19 bits per heavy atom. The van der Waals surface area contributed by atoms with Gasteiger partial charge in [0, 0.05) is 5.02 Å². The summed E-state index contributed by atoms with van der Waals surface area (Å²) in [5.41, 5.74) is 5.07. The molecule has 2 amide bonds. The van der Waals surface area contributed by atoms with Gasteiger partial charge in [0.1, 0.15) is 11.6 Å². The van der Waals surface area contributed by atoms with Gasteiger partial charge in [-0.1, -0.05) is 23.7 Å². The van der Waals surface area contributed by atoms with Crippen molar-refractivity contribution in [2.75, 3.05) is 5.32 Å². The minimum atomic E-state index is -0.954. The van der Waals surface area contributed by atoms with E-state index in [2.05, 4.69) is 5.32 Å². The standard InChI is InChI=1S/C14H10ClFN2O3/c15-8-5-6-12(9(7-8)13(17)19)21-14(20)18-11-4-2-1-3-10(11)16/h1-7H,(H2,17,19)(H,18,20). The fraction of sp³-hybridized carbons (Fsp3) is 0. The smallest absolute Gasteiger partial charge is 0.409 e. The number of ether oxygens (including phenoxy) is 1. The molecule has 0 spiro atoms. The molecule has 0 heterocycles. The van der Waals surface area contributed by atoms with Crippen LogP contribution >= 0.6 is 11.6 Å². The number of benzene rings is 2. The van der Waals surface area contributed by atoms with Crippen molar-refractivity contribution in [1.82, 2.24) is 0 Å². The molecule has 0 aliphatic carbocycles. The van der Waals surface area contributed by atoms with Gasteiger partial charge in [-0.3, -0.25) is 10.1 Å². The van der Waals surface area contributed by atoms with Crippen LogP contribution in [0.1, 0.15) is 10.4 Å². The highest BCUT2D eigenvalue weighted by molar-refractivity contribution is 6.31. The van der Waals surface area contributed by atoms with E-state index in [1.165, 1.54) is 36.4 Å². The molecule has 0 aliphatic heterocycles. The second kappa shape index (κ2) is 6.23. The average molecular weight is 309 g/mol.